The van der Waals surface area contributed by atoms with Crippen LogP contribution in [0.3, 0.4) is 0 Å². The molecule has 3 aromatic carbocycles. The van der Waals surface area contributed by atoms with E-state index in [9.17, 15) is 9.59 Å². The van der Waals surface area contributed by atoms with E-state index in [1.807, 2.05) is 59.9 Å². The van der Waals surface area contributed by atoms with Gasteiger partial charge in [-0.05, 0) is 55.0 Å². The normalized spacial score (nSPS) is 11.1. The minimum atomic E-state index is -0.172. The highest BCUT2D eigenvalue weighted by molar-refractivity contribution is 7.99. The topological polar surface area (TPSA) is 90.5 Å². The number of rotatable bonds is 8. The second kappa shape index (κ2) is 10.0. The summed E-state index contributed by atoms with van der Waals surface area (Å²) in [6, 6.07) is 24.1. The average Bonchev–Trinajstić information content (AvgIpc) is 3.31. The number of ether oxygens (including phenoxy) is 1. The molecule has 35 heavy (non-hydrogen) atoms. The van der Waals surface area contributed by atoms with Gasteiger partial charge in [-0.15, -0.1) is 10.2 Å². The van der Waals surface area contributed by atoms with E-state index in [0.29, 0.717) is 34.3 Å². The Balaban J connectivity index is 1.31. The van der Waals surface area contributed by atoms with Crippen molar-refractivity contribution in [3.8, 4) is 11.5 Å². The van der Waals surface area contributed by atoms with Crippen LogP contribution in [-0.4, -0.2) is 30.8 Å². The summed E-state index contributed by atoms with van der Waals surface area (Å²) in [5, 5.41) is 12.6. The molecule has 1 amide bonds. The number of aryl methyl sites for hydroxylation is 1. The van der Waals surface area contributed by atoms with Crippen molar-refractivity contribution in [3.05, 3.63) is 89.2 Å². The fourth-order valence-electron chi connectivity index (χ4n) is 3.81. The number of nitrogens with zero attached hydrogens (tertiary/aromatic N) is 4. The van der Waals surface area contributed by atoms with Crippen LogP contribution in [0.25, 0.3) is 16.7 Å². The second-order valence-corrected chi connectivity index (χ2v) is 8.81. The number of benzene rings is 3. The first-order valence-corrected chi connectivity index (χ1v) is 12.2. The molecule has 8 nitrogen and oxygen atoms in total. The van der Waals surface area contributed by atoms with Crippen LogP contribution in [0.1, 0.15) is 13.3 Å². The first-order valence-electron chi connectivity index (χ1n) is 11.3. The summed E-state index contributed by atoms with van der Waals surface area (Å²) in [4.78, 5) is 25.6. The van der Waals surface area contributed by atoms with Crippen molar-refractivity contribution in [2.24, 2.45) is 0 Å². The van der Waals surface area contributed by atoms with Crippen LogP contribution in [0.15, 0.2) is 88.8 Å². The molecule has 176 valence electrons. The van der Waals surface area contributed by atoms with E-state index in [2.05, 4.69) is 15.5 Å². The van der Waals surface area contributed by atoms with Gasteiger partial charge in [-0.25, -0.2) is 0 Å². The Morgan fingerprint density at radius 1 is 0.943 bits per heavy atom. The van der Waals surface area contributed by atoms with E-state index in [1.54, 1.807) is 34.9 Å². The highest BCUT2D eigenvalue weighted by atomic mass is 32.2. The molecule has 0 fully saturated rings. The molecule has 0 radical (unpaired) electrons. The van der Waals surface area contributed by atoms with E-state index in [-0.39, 0.29) is 17.2 Å². The van der Waals surface area contributed by atoms with Gasteiger partial charge in [0.05, 0.1) is 16.7 Å². The van der Waals surface area contributed by atoms with Gasteiger partial charge in [0.25, 0.3) is 5.56 Å². The maximum atomic E-state index is 12.9. The van der Waals surface area contributed by atoms with Gasteiger partial charge >= 0.3 is 0 Å². The van der Waals surface area contributed by atoms with Crippen molar-refractivity contribution >= 4 is 40.0 Å². The van der Waals surface area contributed by atoms with Crippen LogP contribution in [0, 0.1) is 0 Å². The second-order valence-electron chi connectivity index (χ2n) is 7.87. The largest absolute Gasteiger partial charge is 0.457 e. The Morgan fingerprint density at radius 3 is 2.43 bits per heavy atom. The van der Waals surface area contributed by atoms with Crippen LogP contribution in [0.5, 0.6) is 11.5 Å². The Morgan fingerprint density at radius 2 is 1.66 bits per heavy atom. The van der Waals surface area contributed by atoms with Gasteiger partial charge in [0.2, 0.25) is 11.7 Å². The van der Waals surface area contributed by atoms with E-state index < -0.39 is 0 Å². The van der Waals surface area contributed by atoms with Crippen LogP contribution in [0.2, 0.25) is 0 Å². The number of amides is 1. The van der Waals surface area contributed by atoms with Crippen molar-refractivity contribution in [2.45, 2.75) is 25.0 Å². The van der Waals surface area contributed by atoms with E-state index in [4.69, 9.17) is 4.74 Å². The van der Waals surface area contributed by atoms with Crippen molar-refractivity contribution < 1.29 is 9.53 Å². The van der Waals surface area contributed by atoms with Crippen LogP contribution in [-0.2, 0) is 11.3 Å². The number of hydrogen-bond donors (Lipinski definition) is 1. The third-order valence-corrected chi connectivity index (χ3v) is 6.30. The number of carbonyl (C=O) groups excluding carboxylic acids is 1. The fraction of sp³-hybridized carbons (Fsp3) is 0.154. The minimum absolute atomic E-state index is 0.0867. The zero-order chi connectivity index (χ0) is 24.2. The number of anilines is 1. The predicted molar refractivity (Wildman–Crippen MR) is 137 cm³/mol. The molecule has 5 rings (SSSR count). The number of para-hydroxylation sites is 2. The van der Waals surface area contributed by atoms with Gasteiger partial charge in [-0.1, -0.05) is 49.0 Å². The van der Waals surface area contributed by atoms with Gasteiger partial charge in [0, 0.05) is 12.2 Å². The quantitative estimate of drug-likeness (QED) is 0.312. The molecule has 9 heteroatoms. The number of thioether (sulfide) groups is 1. The first kappa shape index (κ1) is 22.7. The molecule has 0 saturated carbocycles. The lowest BCUT2D eigenvalue weighted by atomic mass is 10.2. The van der Waals surface area contributed by atoms with Crippen molar-refractivity contribution in [3.63, 3.8) is 0 Å². The lowest BCUT2D eigenvalue weighted by molar-refractivity contribution is -0.113. The lowest BCUT2D eigenvalue weighted by Gasteiger charge is -2.10. The number of aromatic nitrogens is 4. The summed E-state index contributed by atoms with van der Waals surface area (Å²) < 4.78 is 9.27. The van der Waals surface area contributed by atoms with Crippen LogP contribution < -0.4 is 15.6 Å². The molecule has 0 aliphatic heterocycles. The molecule has 0 aliphatic carbocycles. The summed E-state index contributed by atoms with van der Waals surface area (Å²) in [6.07, 6.45) is 0.792. The molecular weight excluding hydrogens is 462 g/mol. The molecular formula is C26H23N5O3S. The molecule has 0 bridgehead atoms. The lowest BCUT2D eigenvalue weighted by Crippen LogP contribution is -2.23. The average molecular weight is 486 g/mol. The Bertz CT molecular complexity index is 1550. The van der Waals surface area contributed by atoms with E-state index in [1.165, 1.54) is 11.8 Å². The highest BCUT2D eigenvalue weighted by Gasteiger charge is 2.17. The van der Waals surface area contributed by atoms with E-state index in [0.717, 1.165) is 17.7 Å². The minimum Gasteiger partial charge on any atom is -0.457 e. The summed E-state index contributed by atoms with van der Waals surface area (Å²) in [5.74, 6) is 1.88. The van der Waals surface area contributed by atoms with Crippen LogP contribution >= 0.6 is 11.8 Å². The predicted octanol–water partition coefficient (Wildman–Crippen LogP) is 4.98. The molecule has 0 atom stereocenters. The van der Waals surface area contributed by atoms with Crippen molar-refractivity contribution in [2.75, 3.05) is 11.1 Å². The molecule has 2 heterocycles. The number of carbonyl (C=O) groups is 1. The van der Waals surface area contributed by atoms with Gasteiger partial charge in [-0.3, -0.25) is 18.6 Å². The molecule has 0 spiro atoms. The van der Waals surface area contributed by atoms with Gasteiger partial charge < -0.3 is 10.1 Å². The standard InChI is InChI=1S/C26H23N5O3S/c1-2-16-30-24(33)21-10-6-7-11-22(21)31-25(30)28-29-26(31)35-17-23(32)27-18-12-14-20(15-13-18)34-19-8-4-3-5-9-19/h3-15H,2,16-17H2,1H3,(H,27,32). The molecule has 0 unspecified atom stereocenters. The Labute approximate surface area is 205 Å². The molecule has 0 saturated heterocycles. The summed E-state index contributed by atoms with van der Waals surface area (Å²) >= 11 is 1.27. The third-order valence-electron chi connectivity index (χ3n) is 5.37. The van der Waals surface area contributed by atoms with Gasteiger partial charge in [0.15, 0.2) is 5.16 Å². The monoisotopic (exact) mass is 485 g/mol. The molecule has 1 N–H and O–H groups in total. The maximum absolute atomic E-state index is 12.9. The highest BCUT2D eigenvalue weighted by Crippen LogP contribution is 2.24. The Hall–Kier alpha value is -4.11. The maximum Gasteiger partial charge on any atom is 0.262 e. The summed E-state index contributed by atoms with van der Waals surface area (Å²) in [5.41, 5.74) is 1.31. The SMILES string of the molecule is CCCn1c(=O)c2ccccc2n2c(SCC(=O)Nc3ccc(Oc4ccccc4)cc3)nnc12. The smallest absolute Gasteiger partial charge is 0.262 e. The number of hydrogen-bond acceptors (Lipinski definition) is 6. The zero-order valence-electron chi connectivity index (χ0n) is 19.0. The Kier molecular flexibility index (Phi) is 6.49. The number of fused-ring (bicyclic) bond motifs is 3. The first-order chi connectivity index (χ1) is 17.1. The van der Waals surface area contributed by atoms with Crippen LogP contribution in [0.4, 0.5) is 5.69 Å². The third kappa shape index (κ3) is 4.76. The number of nitrogens with one attached hydrogen (secondary N) is 1. The van der Waals surface area contributed by atoms with Crippen molar-refractivity contribution in [1.82, 2.24) is 19.2 Å². The van der Waals surface area contributed by atoms with Gasteiger partial charge in [-0.2, -0.15) is 0 Å². The molecule has 5 aromatic rings. The summed E-state index contributed by atoms with van der Waals surface area (Å²) in [6.45, 7) is 2.55. The summed E-state index contributed by atoms with van der Waals surface area (Å²) in [7, 11) is 0. The fourth-order valence-corrected chi connectivity index (χ4v) is 4.55. The zero-order valence-corrected chi connectivity index (χ0v) is 19.9. The van der Waals surface area contributed by atoms with Gasteiger partial charge in [0.1, 0.15) is 11.5 Å². The molecule has 0 aliphatic rings. The van der Waals surface area contributed by atoms with E-state index >= 15 is 0 Å². The van der Waals surface area contributed by atoms with Crippen molar-refractivity contribution in [1.29, 1.82) is 0 Å². The molecule has 2 aromatic heterocycles.